The Morgan fingerprint density at radius 1 is 1.20 bits per heavy atom. The molecule has 112 valence electrons. The lowest BCUT2D eigenvalue weighted by Crippen LogP contribution is -2.19. The lowest BCUT2D eigenvalue weighted by atomic mass is 10.2. The average molecular weight is 278 g/mol. The topological polar surface area (TPSA) is 42.5 Å². The predicted octanol–water partition coefficient (Wildman–Crippen LogP) is 2.35. The molecule has 4 heteroatoms. The highest BCUT2D eigenvalue weighted by Crippen LogP contribution is 2.28. The van der Waals surface area contributed by atoms with E-state index in [1.807, 2.05) is 26.1 Å². The molecule has 2 N–H and O–H groups in total. The summed E-state index contributed by atoms with van der Waals surface area (Å²) < 4.78 is 11.2. The van der Waals surface area contributed by atoms with Crippen molar-refractivity contribution in [2.24, 2.45) is 0 Å². The van der Waals surface area contributed by atoms with Crippen molar-refractivity contribution in [2.45, 2.75) is 19.9 Å². The van der Waals surface area contributed by atoms with Gasteiger partial charge in [-0.15, -0.1) is 0 Å². The third kappa shape index (κ3) is 6.08. The zero-order chi connectivity index (χ0) is 14.6. The van der Waals surface area contributed by atoms with Gasteiger partial charge in [-0.1, -0.05) is 18.7 Å². The molecule has 0 spiro atoms. The maximum absolute atomic E-state index is 5.62. The van der Waals surface area contributed by atoms with Gasteiger partial charge in [-0.05, 0) is 51.2 Å². The van der Waals surface area contributed by atoms with E-state index in [2.05, 4.69) is 23.3 Å². The number of ether oxygens (including phenoxy) is 2. The molecule has 4 nitrogen and oxygen atoms in total. The first-order valence-electron chi connectivity index (χ1n) is 7.16. The highest BCUT2D eigenvalue weighted by molar-refractivity contribution is 5.43. The first-order chi connectivity index (χ1) is 9.81. The smallest absolute Gasteiger partial charge is 0.161 e. The van der Waals surface area contributed by atoms with Gasteiger partial charge in [0.05, 0.1) is 6.61 Å². The van der Waals surface area contributed by atoms with E-state index in [1.54, 1.807) is 6.08 Å². The first-order valence-corrected chi connectivity index (χ1v) is 7.16. The van der Waals surface area contributed by atoms with Crippen LogP contribution >= 0.6 is 0 Å². The van der Waals surface area contributed by atoms with Crippen LogP contribution in [0.2, 0.25) is 0 Å². The van der Waals surface area contributed by atoms with Crippen molar-refractivity contribution < 1.29 is 9.47 Å². The SMILES string of the molecule is C=CCOc1ccc(CNCCCNC)cc1OCC. The molecule has 0 aromatic heterocycles. The molecular formula is C16H26N2O2. The number of rotatable bonds is 11. The monoisotopic (exact) mass is 278 g/mol. The second kappa shape index (κ2) is 10.3. The van der Waals surface area contributed by atoms with Gasteiger partial charge in [0.15, 0.2) is 11.5 Å². The summed E-state index contributed by atoms with van der Waals surface area (Å²) in [4.78, 5) is 0. The molecule has 0 unspecified atom stereocenters. The van der Waals surface area contributed by atoms with Crippen molar-refractivity contribution in [3.8, 4) is 11.5 Å². The van der Waals surface area contributed by atoms with Crippen LogP contribution in [0.5, 0.6) is 11.5 Å². The van der Waals surface area contributed by atoms with E-state index in [4.69, 9.17) is 9.47 Å². The predicted molar refractivity (Wildman–Crippen MR) is 83.6 cm³/mol. The molecule has 0 saturated carbocycles. The van der Waals surface area contributed by atoms with Crippen molar-refractivity contribution in [3.63, 3.8) is 0 Å². The first kappa shape index (κ1) is 16.5. The largest absolute Gasteiger partial charge is 0.490 e. The summed E-state index contributed by atoms with van der Waals surface area (Å²) in [7, 11) is 1.97. The molecule has 0 aliphatic rings. The fraction of sp³-hybridized carbons (Fsp3) is 0.500. The fourth-order valence-electron chi connectivity index (χ4n) is 1.82. The van der Waals surface area contributed by atoms with E-state index in [0.29, 0.717) is 13.2 Å². The van der Waals surface area contributed by atoms with E-state index < -0.39 is 0 Å². The molecular weight excluding hydrogens is 252 g/mol. The molecule has 0 fully saturated rings. The number of hydrogen-bond donors (Lipinski definition) is 2. The van der Waals surface area contributed by atoms with Crippen LogP contribution in [-0.4, -0.2) is 33.4 Å². The molecule has 0 aliphatic carbocycles. The summed E-state index contributed by atoms with van der Waals surface area (Å²) >= 11 is 0. The maximum Gasteiger partial charge on any atom is 0.161 e. The molecule has 0 radical (unpaired) electrons. The molecule has 0 bridgehead atoms. The fourth-order valence-corrected chi connectivity index (χ4v) is 1.82. The van der Waals surface area contributed by atoms with Crippen LogP contribution in [0.1, 0.15) is 18.9 Å². The summed E-state index contributed by atoms with van der Waals surface area (Å²) in [6.07, 6.45) is 2.85. The molecule has 0 heterocycles. The molecule has 0 aliphatic heterocycles. The van der Waals surface area contributed by atoms with Gasteiger partial charge in [-0.3, -0.25) is 0 Å². The van der Waals surface area contributed by atoms with Gasteiger partial charge in [0.1, 0.15) is 6.61 Å². The van der Waals surface area contributed by atoms with Crippen LogP contribution in [0.3, 0.4) is 0 Å². The van der Waals surface area contributed by atoms with Crippen LogP contribution in [0.4, 0.5) is 0 Å². The Morgan fingerprint density at radius 2 is 2.05 bits per heavy atom. The van der Waals surface area contributed by atoms with Crippen molar-refractivity contribution in [1.29, 1.82) is 0 Å². The van der Waals surface area contributed by atoms with Crippen LogP contribution < -0.4 is 20.1 Å². The minimum atomic E-state index is 0.488. The van der Waals surface area contributed by atoms with E-state index >= 15 is 0 Å². The van der Waals surface area contributed by atoms with E-state index in [1.165, 1.54) is 5.56 Å². The zero-order valence-electron chi connectivity index (χ0n) is 12.6. The minimum absolute atomic E-state index is 0.488. The van der Waals surface area contributed by atoms with Gasteiger partial charge >= 0.3 is 0 Å². The van der Waals surface area contributed by atoms with Crippen molar-refractivity contribution in [2.75, 3.05) is 33.4 Å². The Kier molecular flexibility index (Phi) is 8.51. The minimum Gasteiger partial charge on any atom is -0.490 e. The molecule has 0 amide bonds. The lowest BCUT2D eigenvalue weighted by Gasteiger charge is -2.13. The maximum atomic E-state index is 5.62. The van der Waals surface area contributed by atoms with Gasteiger partial charge in [0, 0.05) is 6.54 Å². The number of nitrogens with one attached hydrogen (secondary N) is 2. The highest BCUT2D eigenvalue weighted by atomic mass is 16.5. The zero-order valence-corrected chi connectivity index (χ0v) is 12.6. The Balaban J connectivity index is 2.54. The number of hydrogen-bond acceptors (Lipinski definition) is 4. The third-order valence-electron chi connectivity index (χ3n) is 2.77. The summed E-state index contributed by atoms with van der Waals surface area (Å²) in [5.41, 5.74) is 1.20. The highest BCUT2D eigenvalue weighted by Gasteiger charge is 2.06. The lowest BCUT2D eigenvalue weighted by molar-refractivity contribution is 0.296. The number of benzene rings is 1. The summed E-state index contributed by atoms with van der Waals surface area (Å²) in [6, 6.07) is 6.05. The van der Waals surface area contributed by atoms with Crippen molar-refractivity contribution >= 4 is 0 Å². The van der Waals surface area contributed by atoms with Crippen LogP contribution in [0.15, 0.2) is 30.9 Å². The Labute approximate surface area is 122 Å². The van der Waals surface area contributed by atoms with Crippen LogP contribution in [0.25, 0.3) is 0 Å². The standard InChI is InChI=1S/C16H26N2O2/c1-4-11-20-15-8-7-14(12-16(15)19-5-2)13-18-10-6-9-17-3/h4,7-8,12,17-18H,1,5-6,9-11,13H2,2-3H3. The van der Waals surface area contributed by atoms with E-state index in [9.17, 15) is 0 Å². The third-order valence-corrected chi connectivity index (χ3v) is 2.77. The Morgan fingerprint density at radius 3 is 2.75 bits per heavy atom. The summed E-state index contributed by atoms with van der Waals surface area (Å²) in [5.74, 6) is 1.56. The molecule has 20 heavy (non-hydrogen) atoms. The summed E-state index contributed by atoms with van der Waals surface area (Å²) in [6.45, 7) is 9.61. The molecule has 1 rings (SSSR count). The van der Waals surface area contributed by atoms with E-state index in [0.717, 1.165) is 37.6 Å². The van der Waals surface area contributed by atoms with Gasteiger partial charge in [0.25, 0.3) is 0 Å². The summed E-state index contributed by atoms with van der Waals surface area (Å²) in [5, 5.41) is 6.55. The molecule has 0 saturated heterocycles. The molecule has 0 atom stereocenters. The van der Waals surface area contributed by atoms with Gasteiger partial charge in [-0.2, -0.15) is 0 Å². The van der Waals surface area contributed by atoms with Crippen LogP contribution in [0, 0.1) is 0 Å². The second-order valence-electron chi connectivity index (χ2n) is 4.45. The van der Waals surface area contributed by atoms with Crippen molar-refractivity contribution in [1.82, 2.24) is 10.6 Å². The van der Waals surface area contributed by atoms with Gasteiger partial charge in [0.2, 0.25) is 0 Å². The molecule has 1 aromatic carbocycles. The molecule has 1 aromatic rings. The van der Waals surface area contributed by atoms with Gasteiger partial charge < -0.3 is 20.1 Å². The Bertz CT molecular complexity index is 394. The normalized spacial score (nSPS) is 10.3. The van der Waals surface area contributed by atoms with E-state index in [-0.39, 0.29) is 0 Å². The second-order valence-corrected chi connectivity index (χ2v) is 4.45. The van der Waals surface area contributed by atoms with Crippen LogP contribution in [-0.2, 0) is 6.54 Å². The van der Waals surface area contributed by atoms with Crippen molar-refractivity contribution in [3.05, 3.63) is 36.4 Å². The quantitative estimate of drug-likeness (QED) is 0.482. The van der Waals surface area contributed by atoms with Gasteiger partial charge in [-0.25, -0.2) is 0 Å². The average Bonchev–Trinajstić information content (AvgIpc) is 2.46. The Hall–Kier alpha value is -1.52.